The third-order valence-electron chi connectivity index (χ3n) is 2.31. The predicted molar refractivity (Wildman–Crippen MR) is 63.3 cm³/mol. The van der Waals surface area contributed by atoms with E-state index in [2.05, 4.69) is 18.0 Å². The molecule has 1 aromatic rings. The Kier molecular flexibility index (Phi) is 5.35. The van der Waals surface area contributed by atoms with Crippen LogP contribution in [0.1, 0.15) is 43.9 Å². The summed E-state index contributed by atoms with van der Waals surface area (Å²) >= 11 is 0. The Balaban J connectivity index is 2.42. The van der Waals surface area contributed by atoms with E-state index in [1.165, 1.54) is 19.3 Å². The van der Waals surface area contributed by atoms with E-state index in [1.807, 2.05) is 6.92 Å². The molecular weight excluding hydrogens is 200 g/mol. The van der Waals surface area contributed by atoms with E-state index < -0.39 is 0 Å². The number of hydrogen-bond acceptors (Lipinski definition) is 3. The van der Waals surface area contributed by atoms with Crippen molar-refractivity contribution in [2.24, 2.45) is 0 Å². The number of nitrogens with zero attached hydrogens (tertiary/aromatic N) is 2. The first-order chi connectivity index (χ1) is 7.76. The van der Waals surface area contributed by atoms with Crippen molar-refractivity contribution < 1.29 is 4.74 Å². The molecular formula is C13H18N2O. The van der Waals surface area contributed by atoms with Gasteiger partial charge in [0.1, 0.15) is 0 Å². The Morgan fingerprint density at radius 3 is 2.81 bits per heavy atom. The van der Waals surface area contributed by atoms with Crippen LogP contribution in [0.15, 0.2) is 12.1 Å². The monoisotopic (exact) mass is 218 g/mol. The van der Waals surface area contributed by atoms with Gasteiger partial charge in [-0.25, -0.2) is 4.98 Å². The third kappa shape index (κ3) is 4.31. The second kappa shape index (κ2) is 6.84. The van der Waals surface area contributed by atoms with Crippen LogP contribution in [0.25, 0.3) is 0 Å². The zero-order valence-electron chi connectivity index (χ0n) is 9.99. The van der Waals surface area contributed by atoms with Crippen molar-refractivity contribution in [1.82, 2.24) is 4.98 Å². The molecule has 0 fully saturated rings. The Labute approximate surface area is 97.1 Å². The molecule has 0 aromatic carbocycles. The highest BCUT2D eigenvalue weighted by Crippen LogP contribution is 2.12. The maximum Gasteiger partial charge on any atom is 0.214 e. The van der Waals surface area contributed by atoms with Gasteiger partial charge in [0.05, 0.1) is 18.2 Å². The summed E-state index contributed by atoms with van der Waals surface area (Å²) in [6.45, 7) is 4.73. The highest BCUT2D eigenvalue weighted by Gasteiger charge is 2.00. The van der Waals surface area contributed by atoms with Gasteiger partial charge in [-0.3, -0.25) is 0 Å². The van der Waals surface area contributed by atoms with E-state index in [-0.39, 0.29) is 0 Å². The normalized spacial score (nSPS) is 9.81. The van der Waals surface area contributed by atoms with E-state index in [0.29, 0.717) is 18.1 Å². The van der Waals surface area contributed by atoms with Gasteiger partial charge in [0.25, 0.3) is 0 Å². The largest absolute Gasteiger partial charge is 0.478 e. The second-order valence-electron chi connectivity index (χ2n) is 3.86. The van der Waals surface area contributed by atoms with Gasteiger partial charge >= 0.3 is 0 Å². The standard InChI is InChI=1S/C13H18N2O/c1-3-4-5-6-7-16-13-9-12(10-14)8-11(2)15-13/h8-9H,3-7H2,1-2H3. The summed E-state index contributed by atoms with van der Waals surface area (Å²) < 4.78 is 5.51. The maximum absolute atomic E-state index is 8.79. The lowest BCUT2D eigenvalue weighted by molar-refractivity contribution is 0.293. The molecule has 0 radical (unpaired) electrons. The molecule has 0 N–H and O–H groups in total. The van der Waals surface area contributed by atoms with Crippen molar-refractivity contribution in [2.45, 2.75) is 39.5 Å². The first-order valence-corrected chi connectivity index (χ1v) is 5.78. The van der Waals surface area contributed by atoms with Crippen molar-refractivity contribution in [2.75, 3.05) is 6.61 Å². The molecule has 0 aliphatic heterocycles. The summed E-state index contributed by atoms with van der Waals surface area (Å²) in [5.41, 5.74) is 1.43. The SMILES string of the molecule is CCCCCCOc1cc(C#N)cc(C)n1. The number of unbranched alkanes of at least 4 members (excludes halogenated alkanes) is 3. The molecule has 0 amide bonds. The first-order valence-electron chi connectivity index (χ1n) is 5.78. The summed E-state index contributed by atoms with van der Waals surface area (Å²) in [7, 11) is 0. The third-order valence-corrected chi connectivity index (χ3v) is 2.31. The Hall–Kier alpha value is -1.56. The average molecular weight is 218 g/mol. The minimum atomic E-state index is 0.563. The van der Waals surface area contributed by atoms with Crippen molar-refractivity contribution in [3.05, 3.63) is 23.4 Å². The van der Waals surface area contributed by atoms with E-state index in [4.69, 9.17) is 10.00 Å². The van der Waals surface area contributed by atoms with Crippen molar-refractivity contribution in [3.63, 3.8) is 0 Å². The summed E-state index contributed by atoms with van der Waals surface area (Å²) in [4.78, 5) is 4.23. The quantitative estimate of drug-likeness (QED) is 0.689. The first kappa shape index (κ1) is 12.5. The highest BCUT2D eigenvalue weighted by atomic mass is 16.5. The number of rotatable bonds is 6. The Bertz CT molecular complexity index is 369. The summed E-state index contributed by atoms with van der Waals surface area (Å²) in [5.74, 6) is 0.563. The van der Waals surface area contributed by atoms with Gasteiger partial charge in [-0.15, -0.1) is 0 Å². The molecule has 0 atom stereocenters. The Morgan fingerprint density at radius 2 is 2.12 bits per heavy atom. The maximum atomic E-state index is 8.79. The lowest BCUT2D eigenvalue weighted by Crippen LogP contribution is -2.00. The highest BCUT2D eigenvalue weighted by molar-refractivity contribution is 5.33. The fourth-order valence-electron chi connectivity index (χ4n) is 1.48. The molecule has 16 heavy (non-hydrogen) atoms. The molecule has 0 spiro atoms. The van der Waals surface area contributed by atoms with Crippen LogP contribution in [0.5, 0.6) is 5.88 Å². The fraction of sp³-hybridized carbons (Fsp3) is 0.538. The minimum absolute atomic E-state index is 0.563. The molecule has 0 unspecified atom stereocenters. The molecule has 3 nitrogen and oxygen atoms in total. The van der Waals surface area contributed by atoms with Gasteiger partial charge < -0.3 is 4.74 Å². The van der Waals surface area contributed by atoms with Crippen LogP contribution in [-0.2, 0) is 0 Å². The summed E-state index contributed by atoms with van der Waals surface area (Å²) in [6, 6.07) is 5.54. The molecule has 0 saturated carbocycles. The van der Waals surface area contributed by atoms with E-state index in [1.54, 1.807) is 12.1 Å². The lowest BCUT2D eigenvalue weighted by atomic mass is 10.2. The van der Waals surface area contributed by atoms with Crippen LogP contribution in [0, 0.1) is 18.3 Å². The number of aryl methyl sites for hydroxylation is 1. The fourth-order valence-corrected chi connectivity index (χ4v) is 1.48. The molecule has 0 aliphatic carbocycles. The molecule has 0 bridgehead atoms. The van der Waals surface area contributed by atoms with Gasteiger partial charge in [-0.1, -0.05) is 26.2 Å². The van der Waals surface area contributed by atoms with Crippen molar-refractivity contribution >= 4 is 0 Å². The van der Waals surface area contributed by atoms with Gasteiger partial charge in [0.15, 0.2) is 0 Å². The summed E-state index contributed by atoms with van der Waals surface area (Å²) in [6.07, 6.45) is 4.70. The lowest BCUT2D eigenvalue weighted by Gasteiger charge is -2.05. The van der Waals surface area contributed by atoms with Crippen LogP contribution in [0.4, 0.5) is 0 Å². The number of aromatic nitrogens is 1. The zero-order chi connectivity index (χ0) is 11.8. The predicted octanol–water partition coefficient (Wildman–Crippen LogP) is 3.22. The second-order valence-corrected chi connectivity index (χ2v) is 3.86. The van der Waals surface area contributed by atoms with Crippen LogP contribution < -0.4 is 4.74 Å². The summed E-state index contributed by atoms with van der Waals surface area (Å²) in [5, 5.41) is 8.79. The van der Waals surface area contributed by atoms with Gasteiger partial charge in [0.2, 0.25) is 5.88 Å². The molecule has 1 rings (SSSR count). The minimum Gasteiger partial charge on any atom is -0.478 e. The van der Waals surface area contributed by atoms with Crippen LogP contribution >= 0.6 is 0 Å². The van der Waals surface area contributed by atoms with Crippen LogP contribution in [-0.4, -0.2) is 11.6 Å². The van der Waals surface area contributed by atoms with E-state index in [9.17, 15) is 0 Å². The molecule has 86 valence electrons. The van der Waals surface area contributed by atoms with Gasteiger partial charge in [0, 0.05) is 11.8 Å². The van der Waals surface area contributed by atoms with Crippen molar-refractivity contribution in [3.8, 4) is 11.9 Å². The Morgan fingerprint density at radius 1 is 1.31 bits per heavy atom. The van der Waals surface area contributed by atoms with Crippen molar-refractivity contribution in [1.29, 1.82) is 5.26 Å². The zero-order valence-corrected chi connectivity index (χ0v) is 9.99. The van der Waals surface area contributed by atoms with Gasteiger partial charge in [-0.2, -0.15) is 5.26 Å². The van der Waals surface area contributed by atoms with E-state index >= 15 is 0 Å². The molecule has 3 heteroatoms. The molecule has 1 aromatic heterocycles. The molecule has 0 saturated heterocycles. The smallest absolute Gasteiger partial charge is 0.214 e. The van der Waals surface area contributed by atoms with Crippen LogP contribution in [0.2, 0.25) is 0 Å². The number of nitriles is 1. The number of hydrogen-bond donors (Lipinski definition) is 0. The number of pyridine rings is 1. The van der Waals surface area contributed by atoms with E-state index in [0.717, 1.165) is 12.1 Å². The number of ether oxygens (including phenoxy) is 1. The van der Waals surface area contributed by atoms with Gasteiger partial charge in [-0.05, 0) is 19.4 Å². The topological polar surface area (TPSA) is 45.9 Å². The molecule has 0 aliphatic rings. The average Bonchev–Trinajstić information content (AvgIpc) is 2.28. The molecule has 1 heterocycles. The van der Waals surface area contributed by atoms with Crippen LogP contribution in [0.3, 0.4) is 0 Å².